The summed E-state index contributed by atoms with van der Waals surface area (Å²) in [6.45, 7) is 2.05. The Hall–Kier alpha value is -7.00. The Bertz CT molecular complexity index is 2230. The second kappa shape index (κ2) is 38.6. The van der Waals surface area contributed by atoms with E-state index in [1.807, 2.05) is 0 Å². The van der Waals surface area contributed by atoms with Gasteiger partial charge in [0.05, 0.1) is 25.0 Å². The van der Waals surface area contributed by atoms with Crippen molar-refractivity contribution < 1.29 is 53.4 Å². The second-order valence-electron chi connectivity index (χ2n) is 19.1. The normalized spacial score (nSPS) is 16.2. The number of imidazole rings is 1. The molecule has 1 aliphatic rings. The maximum Gasteiger partial charge on any atom is 0.269 e. The van der Waals surface area contributed by atoms with Gasteiger partial charge in [-0.2, -0.15) is 0 Å². The average molecular weight is 1130 g/mol. The number of aromatic amines is 1. The number of hydrogen-bond acceptors (Lipinski definition) is 19. The lowest BCUT2D eigenvalue weighted by molar-refractivity contribution is -0.136. The van der Waals surface area contributed by atoms with Gasteiger partial charge in [0.2, 0.25) is 35.4 Å². The molecule has 0 bridgehead atoms. The van der Waals surface area contributed by atoms with Crippen molar-refractivity contribution in [2.75, 3.05) is 58.9 Å². The number of nitrogens with zero attached hydrogens (tertiary/aromatic N) is 4. The molecule has 0 unspecified atom stereocenters. The SMILES string of the molecule is C[C@H](NC(=O)[C@@H](NC(=O)C[C@@H](O)CN)[C@@H](O)CN)C(=O)N=C(CCCN)C(=O)N1CCC[C@H]1C(=O)N[C@@H](Cc1cnc[nH]1)C(=O)N[C@@H](CCCCN)C(=O)N/C(=C\CCN=C(N)N)C(=O)N[C@@H](CCCCN)C(=O)NCCCCN. The smallest absolute Gasteiger partial charge is 0.269 e. The second-order valence-corrected chi connectivity index (χ2v) is 19.1. The van der Waals surface area contributed by atoms with Crippen LogP contribution in [0.15, 0.2) is 34.3 Å². The molecule has 0 aromatic carbocycles. The van der Waals surface area contributed by atoms with Crippen LogP contribution in [0.25, 0.3) is 0 Å². The summed E-state index contributed by atoms with van der Waals surface area (Å²) in [5.41, 5.74) is 44.7. The molecule has 0 saturated carbocycles. The highest BCUT2D eigenvalue weighted by Gasteiger charge is 2.39. The lowest BCUT2D eigenvalue weighted by atomic mass is 10.1. The number of amides is 9. The molecule has 31 heteroatoms. The molecule has 1 fully saturated rings. The Kier molecular flexibility index (Phi) is 33.3. The number of aromatic nitrogens is 2. The van der Waals surface area contributed by atoms with Crippen LogP contribution in [0.2, 0.25) is 0 Å². The largest absolute Gasteiger partial charge is 0.391 e. The molecule has 2 rings (SSSR count). The van der Waals surface area contributed by atoms with E-state index in [1.54, 1.807) is 0 Å². The number of aliphatic hydroxyl groups is 2. The molecular formula is C49H88N20O11. The standard InChI is InChI=1S/C49H88N20O11/c1-29(62-47(79)40(38(71)26-55)68-39(72)24-31(70)25-54)41(73)66-35(13-8-19-53)48(80)69-22-10-15-37(69)46(78)67-36(23-30-27-58-28-61-30)45(77)65-33(12-3-5-17-51)43(75)64-34(14-9-21-60-49(56)57)44(76)63-32(11-2-4-16-50)42(74)59-20-7-6-18-52/h14,27-29,31-33,36-38,40,70-71H,2-13,15-26,50-55H2,1H3,(H,58,61)(H,59,74)(H,62,79)(H,63,76)(H,64,75)(H,65,77)(H,67,78)(H,68,72)(H4,56,57,60)/b34-14-,66-35?/t29-,31+,32-,33-,36-,37-,38-,40-/m0/s1. The van der Waals surface area contributed by atoms with Gasteiger partial charge in [0.25, 0.3) is 17.7 Å². The van der Waals surface area contributed by atoms with Crippen molar-refractivity contribution in [2.45, 2.75) is 152 Å². The molecule has 0 aliphatic carbocycles. The van der Waals surface area contributed by atoms with E-state index in [4.69, 9.17) is 45.9 Å². The van der Waals surface area contributed by atoms with E-state index in [-0.39, 0.29) is 95.0 Å². The summed E-state index contributed by atoms with van der Waals surface area (Å²) in [5, 5.41) is 38.4. The van der Waals surface area contributed by atoms with Crippen molar-refractivity contribution in [3.05, 3.63) is 30.0 Å². The Morgan fingerprint density at radius 1 is 0.775 bits per heavy atom. The number of carbonyl (C=O) groups is 9. The third kappa shape index (κ3) is 25.4. The molecule has 1 aromatic rings. The van der Waals surface area contributed by atoms with Gasteiger partial charge in [0.15, 0.2) is 5.96 Å². The molecular weight excluding hydrogens is 1040 g/mol. The fraction of sp³-hybridized carbons (Fsp3) is 0.673. The number of aliphatic hydroxyl groups excluding tert-OH is 2. The van der Waals surface area contributed by atoms with E-state index < -0.39 is 115 Å². The molecule has 8 atom stereocenters. The number of guanidine groups is 1. The summed E-state index contributed by atoms with van der Waals surface area (Å²) in [6, 6.07) is -7.98. The van der Waals surface area contributed by atoms with Crippen LogP contribution in [0.3, 0.4) is 0 Å². The summed E-state index contributed by atoms with van der Waals surface area (Å²) >= 11 is 0. The first kappa shape index (κ1) is 69.1. The van der Waals surface area contributed by atoms with Crippen LogP contribution in [0.5, 0.6) is 0 Å². The Labute approximate surface area is 465 Å². The van der Waals surface area contributed by atoms with E-state index in [0.29, 0.717) is 70.3 Å². The summed E-state index contributed by atoms with van der Waals surface area (Å²) in [7, 11) is 0. The molecule has 1 saturated heterocycles. The first-order valence-corrected chi connectivity index (χ1v) is 27.1. The molecule has 0 radical (unpaired) electrons. The van der Waals surface area contributed by atoms with Gasteiger partial charge in [0, 0.05) is 51.0 Å². The minimum absolute atomic E-state index is 0.0270. The zero-order valence-electron chi connectivity index (χ0n) is 45.8. The zero-order valence-corrected chi connectivity index (χ0v) is 45.8. The minimum atomic E-state index is -1.65. The number of rotatable bonds is 39. The Balaban J connectivity index is 2.45. The molecule has 2 heterocycles. The van der Waals surface area contributed by atoms with Crippen LogP contribution < -0.4 is 83.1 Å². The zero-order chi connectivity index (χ0) is 59.6. The quantitative estimate of drug-likeness (QED) is 0.0126. The average Bonchev–Trinajstić information content (AvgIpc) is 4.15. The third-order valence-electron chi connectivity index (χ3n) is 12.5. The number of carbonyl (C=O) groups excluding carboxylic acids is 9. The summed E-state index contributed by atoms with van der Waals surface area (Å²) in [6.07, 6.45) is 4.68. The van der Waals surface area contributed by atoms with Crippen LogP contribution in [-0.2, 0) is 49.6 Å². The van der Waals surface area contributed by atoms with Gasteiger partial charge in [-0.1, -0.05) is 6.08 Å². The fourth-order valence-electron chi connectivity index (χ4n) is 8.08. The monoisotopic (exact) mass is 1130 g/mol. The number of aliphatic imine (C=N–C) groups is 2. The van der Waals surface area contributed by atoms with Gasteiger partial charge >= 0.3 is 0 Å². The first-order chi connectivity index (χ1) is 38.2. The predicted molar refractivity (Wildman–Crippen MR) is 296 cm³/mol. The number of unbranched alkanes of at least 4 members (excludes halogenated alkanes) is 3. The Morgan fingerprint density at radius 3 is 2.02 bits per heavy atom. The molecule has 450 valence electrons. The van der Waals surface area contributed by atoms with Gasteiger partial charge in [-0.25, -0.2) is 9.98 Å². The minimum Gasteiger partial charge on any atom is -0.391 e. The van der Waals surface area contributed by atoms with Crippen molar-refractivity contribution in [1.29, 1.82) is 0 Å². The number of hydrogen-bond donors (Lipinski definition) is 18. The van der Waals surface area contributed by atoms with Gasteiger partial charge < -0.3 is 103 Å². The molecule has 1 aliphatic heterocycles. The van der Waals surface area contributed by atoms with Gasteiger partial charge in [-0.05, 0) is 117 Å². The highest BCUT2D eigenvalue weighted by atomic mass is 16.3. The first-order valence-electron chi connectivity index (χ1n) is 27.1. The van der Waals surface area contributed by atoms with Crippen LogP contribution in [0, 0.1) is 0 Å². The lowest BCUT2D eigenvalue weighted by Crippen LogP contribution is -2.58. The number of H-pyrrole nitrogens is 1. The molecule has 9 amide bonds. The number of nitrogens with one attached hydrogen (secondary N) is 8. The maximum absolute atomic E-state index is 14.5. The van der Waals surface area contributed by atoms with Crippen molar-refractivity contribution >= 4 is 64.8 Å². The maximum atomic E-state index is 14.5. The van der Waals surface area contributed by atoms with Crippen LogP contribution in [0.4, 0.5) is 0 Å². The van der Waals surface area contributed by atoms with Crippen molar-refractivity contribution in [1.82, 2.24) is 52.1 Å². The predicted octanol–water partition coefficient (Wildman–Crippen LogP) is -7.10. The highest BCUT2D eigenvalue weighted by Crippen LogP contribution is 2.20. The van der Waals surface area contributed by atoms with Crippen molar-refractivity contribution in [2.24, 2.45) is 55.9 Å². The van der Waals surface area contributed by atoms with Crippen molar-refractivity contribution in [3.8, 4) is 0 Å². The van der Waals surface area contributed by atoms with Gasteiger partial charge in [-0.3, -0.25) is 48.1 Å². The van der Waals surface area contributed by atoms with Gasteiger partial charge in [-0.15, -0.1) is 0 Å². The molecule has 26 N–H and O–H groups in total. The van der Waals surface area contributed by atoms with Crippen molar-refractivity contribution in [3.63, 3.8) is 0 Å². The van der Waals surface area contributed by atoms with E-state index >= 15 is 0 Å². The van der Waals surface area contributed by atoms with E-state index in [9.17, 15) is 53.4 Å². The highest BCUT2D eigenvalue weighted by molar-refractivity contribution is 6.40. The van der Waals surface area contributed by atoms with Crippen LogP contribution >= 0.6 is 0 Å². The Morgan fingerprint density at radius 2 is 1.43 bits per heavy atom. The molecule has 80 heavy (non-hydrogen) atoms. The van der Waals surface area contributed by atoms with Gasteiger partial charge in [0.1, 0.15) is 47.7 Å². The van der Waals surface area contributed by atoms with Crippen LogP contribution in [-0.4, -0.2) is 197 Å². The summed E-state index contributed by atoms with van der Waals surface area (Å²) < 4.78 is 0. The summed E-state index contributed by atoms with van der Waals surface area (Å²) in [5.74, 6) is -7.54. The molecule has 0 spiro atoms. The third-order valence-corrected chi connectivity index (χ3v) is 12.5. The fourth-order valence-corrected chi connectivity index (χ4v) is 8.08. The molecule has 31 nitrogen and oxygen atoms in total. The van der Waals surface area contributed by atoms with Crippen LogP contribution in [0.1, 0.15) is 103 Å². The number of likely N-dealkylation sites (tertiary alicyclic amines) is 1. The number of nitrogens with two attached hydrogens (primary N) is 8. The van der Waals surface area contributed by atoms with E-state index in [1.165, 1.54) is 30.4 Å². The topological polar surface area (TPSA) is 543 Å². The van der Waals surface area contributed by atoms with E-state index in [0.717, 1.165) is 0 Å². The summed E-state index contributed by atoms with van der Waals surface area (Å²) in [4.78, 5) is 140. The van der Waals surface area contributed by atoms with E-state index in [2.05, 4.69) is 57.2 Å². The molecule has 1 aromatic heterocycles. The lowest BCUT2D eigenvalue weighted by Gasteiger charge is -2.28.